The summed E-state index contributed by atoms with van der Waals surface area (Å²) >= 11 is 0. The van der Waals surface area contributed by atoms with Crippen LogP contribution in [0.5, 0.6) is 0 Å². The van der Waals surface area contributed by atoms with Gasteiger partial charge in [0.05, 0.1) is 5.39 Å². The Morgan fingerprint density at radius 2 is 1.88 bits per heavy atom. The number of nitrogens with two attached hydrogens (primary N) is 1. The summed E-state index contributed by atoms with van der Waals surface area (Å²) in [6.07, 6.45) is 6.73. The van der Waals surface area contributed by atoms with Crippen molar-refractivity contribution in [2.24, 2.45) is 5.73 Å². The van der Waals surface area contributed by atoms with Crippen LogP contribution < -0.4 is 16.4 Å². The van der Waals surface area contributed by atoms with Gasteiger partial charge in [0.25, 0.3) is 0 Å². The number of benzene rings is 1. The van der Waals surface area contributed by atoms with Crippen LogP contribution in [0.25, 0.3) is 11.0 Å². The molecule has 128 valence electrons. The first-order valence-corrected chi connectivity index (χ1v) is 8.47. The Balaban J connectivity index is 1.61. The Morgan fingerprint density at radius 1 is 1.12 bits per heavy atom. The highest BCUT2D eigenvalue weighted by Gasteiger charge is 2.17. The molecule has 0 saturated heterocycles. The number of primary amides is 1. The second-order valence-corrected chi connectivity index (χ2v) is 6.33. The van der Waals surface area contributed by atoms with E-state index in [-0.39, 0.29) is 0 Å². The summed E-state index contributed by atoms with van der Waals surface area (Å²) < 4.78 is 0. The van der Waals surface area contributed by atoms with Gasteiger partial charge >= 0.3 is 0 Å². The zero-order chi connectivity index (χ0) is 17.2. The van der Waals surface area contributed by atoms with Crippen LogP contribution in [0.15, 0.2) is 36.5 Å². The van der Waals surface area contributed by atoms with Crippen molar-refractivity contribution in [1.82, 2.24) is 15.0 Å². The average Bonchev–Trinajstić information content (AvgIpc) is 3.27. The van der Waals surface area contributed by atoms with Crippen molar-refractivity contribution in [3.05, 3.63) is 42.1 Å². The highest BCUT2D eigenvalue weighted by molar-refractivity contribution is 5.93. The third-order valence-electron chi connectivity index (χ3n) is 4.54. The fraction of sp³-hybridized carbons (Fsp3) is 0.278. The summed E-state index contributed by atoms with van der Waals surface area (Å²) in [6, 6.07) is 9.37. The second-order valence-electron chi connectivity index (χ2n) is 6.33. The van der Waals surface area contributed by atoms with E-state index in [9.17, 15) is 4.79 Å². The van der Waals surface area contributed by atoms with Crippen LogP contribution >= 0.6 is 0 Å². The van der Waals surface area contributed by atoms with Crippen molar-refractivity contribution in [1.29, 1.82) is 0 Å². The largest absolute Gasteiger partial charge is 0.367 e. The molecule has 4 rings (SSSR count). The zero-order valence-electron chi connectivity index (χ0n) is 13.7. The van der Waals surface area contributed by atoms with Gasteiger partial charge in [-0.05, 0) is 43.2 Å². The van der Waals surface area contributed by atoms with E-state index in [1.165, 1.54) is 25.7 Å². The van der Waals surface area contributed by atoms with Gasteiger partial charge in [-0.3, -0.25) is 4.79 Å². The molecule has 1 aliphatic carbocycles. The van der Waals surface area contributed by atoms with E-state index in [0.717, 1.165) is 22.5 Å². The molecule has 1 fully saturated rings. The van der Waals surface area contributed by atoms with Crippen LogP contribution in [-0.2, 0) is 0 Å². The average molecular weight is 336 g/mol. The molecule has 2 heterocycles. The van der Waals surface area contributed by atoms with E-state index in [1.807, 2.05) is 12.3 Å². The number of fused-ring (bicyclic) bond motifs is 1. The van der Waals surface area contributed by atoms with Crippen molar-refractivity contribution >= 4 is 34.4 Å². The van der Waals surface area contributed by atoms with Crippen molar-refractivity contribution in [3.63, 3.8) is 0 Å². The molecule has 0 spiro atoms. The molecule has 1 saturated carbocycles. The first-order valence-electron chi connectivity index (χ1n) is 8.47. The summed E-state index contributed by atoms with van der Waals surface area (Å²) in [4.78, 5) is 23.5. The topological polar surface area (TPSA) is 109 Å². The molecule has 0 unspecified atom stereocenters. The van der Waals surface area contributed by atoms with Gasteiger partial charge < -0.3 is 21.4 Å². The minimum absolute atomic E-state index is 0.446. The number of hydrogen-bond acceptors (Lipinski definition) is 5. The van der Waals surface area contributed by atoms with Crippen molar-refractivity contribution in [2.75, 3.05) is 10.6 Å². The molecule has 0 atom stereocenters. The molecule has 0 radical (unpaired) electrons. The minimum Gasteiger partial charge on any atom is -0.367 e. The van der Waals surface area contributed by atoms with E-state index in [1.54, 1.807) is 24.3 Å². The number of aromatic amines is 1. The van der Waals surface area contributed by atoms with Gasteiger partial charge in [0.2, 0.25) is 11.9 Å². The highest BCUT2D eigenvalue weighted by Crippen LogP contribution is 2.27. The lowest BCUT2D eigenvalue weighted by molar-refractivity contribution is 0.100. The van der Waals surface area contributed by atoms with Crippen LogP contribution in [0.4, 0.5) is 17.5 Å². The highest BCUT2D eigenvalue weighted by atomic mass is 16.1. The monoisotopic (exact) mass is 336 g/mol. The van der Waals surface area contributed by atoms with E-state index < -0.39 is 5.91 Å². The first kappa shape index (κ1) is 15.4. The van der Waals surface area contributed by atoms with Crippen LogP contribution in [0.1, 0.15) is 36.0 Å². The van der Waals surface area contributed by atoms with E-state index in [0.29, 0.717) is 17.6 Å². The fourth-order valence-electron chi connectivity index (χ4n) is 3.22. The third kappa shape index (κ3) is 3.26. The molecule has 1 aliphatic rings. The molecule has 7 nitrogen and oxygen atoms in total. The molecule has 0 bridgehead atoms. The predicted octanol–water partition coefficient (Wildman–Crippen LogP) is 3.15. The number of anilines is 3. The van der Waals surface area contributed by atoms with E-state index in [4.69, 9.17) is 5.73 Å². The van der Waals surface area contributed by atoms with Crippen LogP contribution in [0.3, 0.4) is 0 Å². The van der Waals surface area contributed by atoms with Gasteiger partial charge in [-0.2, -0.15) is 9.97 Å². The molecule has 25 heavy (non-hydrogen) atoms. The number of H-pyrrole nitrogens is 1. The Kier molecular flexibility index (Phi) is 3.97. The summed E-state index contributed by atoms with van der Waals surface area (Å²) in [5.74, 6) is 0.898. The summed E-state index contributed by atoms with van der Waals surface area (Å²) in [5.41, 5.74) is 7.31. The molecule has 1 amide bonds. The van der Waals surface area contributed by atoms with Gasteiger partial charge in [-0.1, -0.05) is 12.8 Å². The van der Waals surface area contributed by atoms with Gasteiger partial charge in [0.1, 0.15) is 11.5 Å². The van der Waals surface area contributed by atoms with Crippen molar-refractivity contribution in [2.45, 2.75) is 31.7 Å². The fourth-order valence-corrected chi connectivity index (χ4v) is 3.22. The lowest BCUT2D eigenvalue weighted by atomic mass is 10.2. The molecular weight excluding hydrogens is 316 g/mol. The maximum atomic E-state index is 11.2. The van der Waals surface area contributed by atoms with Crippen molar-refractivity contribution < 1.29 is 4.79 Å². The lowest BCUT2D eigenvalue weighted by Crippen LogP contribution is -2.16. The molecule has 1 aromatic carbocycles. The second kappa shape index (κ2) is 6.43. The molecular formula is C18H20N6O. The molecule has 5 N–H and O–H groups in total. The summed E-state index contributed by atoms with van der Waals surface area (Å²) in [6.45, 7) is 0. The van der Waals surface area contributed by atoms with E-state index >= 15 is 0 Å². The molecule has 0 aliphatic heterocycles. The molecule has 2 aromatic heterocycles. The minimum atomic E-state index is -0.446. The van der Waals surface area contributed by atoms with Crippen molar-refractivity contribution in [3.8, 4) is 0 Å². The molecule has 7 heteroatoms. The number of aromatic nitrogens is 3. The normalized spacial score (nSPS) is 14.7. The standard InChI is InChI=1S/C18H20N6O/c19-15(25)11-5-7-13(8-6-11)22-18-23-16-14(9-10-20-16)17(24-18)21-12-3-1-2-4-12/h5-10,12H,1-4H2,(H2,19,25)(H3,20,21,22,23,24). The van der Waals surface area contributed by atoms with Gasteiger partial charge in [0.15, 0.2) is 0 Å². The maximum Gasteiger partial charge on any atom is 0.248 e. The summed E-state index contributed by atoms with van der Waals surface area (Å²) in [5, 5.41) is 7.72. The Bertz CT molecular complexity index is 896. The van der Waals surface area contributed by atoms with Crippen LogP contribution in [-0.4, -0.2) is 26.9 Å². The number of hydrogen-bond donors (Lipinski definition) is 4. The zero-order valence-corrected chi connectivity index (χ0v) is 13.7. The molecule has 3 aromatic rings. The van der Waals surface area contributed by atoms with Gasteiger partial charge in [-0.15, -0.1) is 0 Å². The Labute approximate surface area is 145 Å². The third-order valence-corrected chi connectivity index (χ3v) is 4.54. The summed E-state index contributed by atoms with van der Waals surface area (Å²) in [7, 11) is 0. The van der Waals surface area contributed by atoms with Crippen LogP contribution in [0, 0.1) is 0 Å². The number of nitrogens with zero attached hydrogens (tertiary/aromatic N) is 2. The smallest absolute Gasteiger partial charge is 0.248 e. The number of amides is 1. The Morgan fingerprint density at radius 3 is 2.60 bits per heavy atom. The Hall–Kier alpha value is -3.09. The van der Waals surface area contributed by atoms with Crippen LogP contribution in [0.2, 0.25) is 0 Å². The number of carbonyl (C=O) groups excluding carboxylic acids is 1. The van der Waals surface area contributed by atoms with E-state index in [2.05, 4.69) is 25.6 Å². The predicted molar refractivity (Wildman–Crippen MR) is 98.0 cm³/mol. The van der Waals surface area contributed by atoms with Gasteiger partial charge in [0, 0.05) is 23.5 Å². The number of nitrogens with one attached hydrogen (secondary N) is 3. The maximum absolute atomic E-state index is 11.2. The number of carbonyl (C=O) groups is 1. The first-order chi connectivity index (χ1) is 12.2. The quantitative estimate of drug-likeness (QED) is 0.572. The number of rotatable bonds is 5. The SMILES string of the molecule is NC(=O)c1ccc(Nc2nc(NC3CCCC3)c3cc[nH]c3n2)cc1. The lowest BCUT2D eigenvalue weighted by Gasteiger charge is -2.14. The van der Waals surface area contributed by atoms with Gasteiger partial charge in [-0.25, -0.2) is 0 Å².